The molecule has 0 saturated carbocycles. The number of carbonyl (C=O) groups excluding carboxylic acids is 1. The van der Waals surface area contributed by atoms with Crippen LogP contribution in [-0.4, -0.2) is 19.0 Å². The number of hydrogen-bond donors (Lipinski definition) is 1. The van der Waals surface area contributed by atoms with Crippen LogP contribution in [0.15, 0.2) is 69.6 Å². The first-order valence-electron chi connectivity index (χ1n) is 8.71. The third kappa shape index (κ3) is 3.68. The van der Waals surface area contributed by atoms with Gasteiger partial charge in [-0.2, -0.15) is 0 Å². The first kappa shape index (κ1) is 16.9. The van der Waals surface area contributed by atoms with Crippen molar-refractivity contribution < 1.29 is 9.21 Å². The number of hydrogen-bond acceptors (Lipinski definition) is 3. The molecule has 1 fully saturated rings. The van der Waals surface area contributed by atoms with Crippen LogP contribution in [0.25, 0.3) is 11.3 Å². The summed E-state index contributed by atoms with van der Waals surface area (Å²) in [6.45, 7) is 2.22. The van der Waals surface area contributed by atoms with Gasteiger partial charge in [0.1, 0.15) is 5.76 Å². The lowest BCUT2D eigenvalue weighted by Crippen LogP contribution is -2.17. The Hall–Kier alpha value is -2.53. The molecular formula is C21H19BrN2O2. The van der Waals surface area contributed by atoms with Gasteiger partial charge in [0.05, 0.1) is 0 Å². The molecule has 26 heavy (non-hydrogen) atoms. The number of halogens is 1. The highest BCUT2D eigenvalue weighted by Crippen LogP contribution is 2.25. The third-order valence-corrected chi connectivity index (χ3v) is 5.08. The smallest absolute Gasteiger partial charge is 0.291 e. The highest BCUT2D eigenvalue weighted by Gasteiger charge is 2.14. The van der Waals surface area contributed by atoms with Gasteiger partial charge in [-0.1, -0.05) is 28.1 Å². The van der Waals surface area contributed by atoms with Crippen molar-refractivity contribution in [1.29, 1.82) is 0 Å². The molecule has 1 saturated heterocycles. The predicted octanol–water partition coefficient (Wildman–Crippen LogP) is 5.56. The van der Waals surface area contributed by atoms with E-state index in [4.69, 9.17) is 4.42 Å². The lowest BCUT2D eigenvalue weighted by Gasteiger charge is -2.17. The van der Waals surface area contributed by atoms with Gasteiger partial charge in [-0.3, -0.25) is 4.79 Å². The van der Waals surface area contributed by atoms with Gasteiger partial charge in [-0.25, -0.2) is 0 Å². The van der Waals surface area contributed by atoms with Gasteiger partial charge < -0.3 is 14.6 Å². The maximum Gasteiger partial charge on any atom is 0.291 e. The number of amides is 1. The van der Waals surface area contributed by atoms with E-state index in [1.54, 1.807) is 6.07 Å². The molecule has 2 aromatic carbocycles. The fourth-order valence-corrected chi connectivity index (χ4v) is 3.42. The van der Waals surface area contributed by atoms with E-state index in [2.05, 4.69) is 38.3 Å². The van der Waals surface area contributed by atoms with Crippen molar-refractivity contribution in [3.63, 3.8) is 0 Å². The summed E-state index contributed by atoms with van der Waals surface area (Å²) in [6, 6.07) is 19.3. The van der Waals surface area contributed by atoms with Gasteiger partial charge in [-0.15, -0.1) is 0 Å². The summed E-state index contributed by atoms with van der Waals surface area (Å²) in [5.74, 6) is 0.723. The zero-order chi connectivity index (χ0) is 17.9. The number of benzene rings is 2. The fourth-order valence-electron chi connectivity index (χ4n) is 3.15. The summed E-state index contributed by atoms with van der Waals surface area (Å²) < 4.78 is 6.72. The Kier molecular flexibility index (Phi) is 4.80. The summed E-state index contributed by atoms with van der Waals surface area (Å²) in [4.78, 5) is 14.8. The summed E-state index contributed by atoms with van der Waals surface area (Å²) in [5.41, 5.74) is 2.90. The van der Waals surface area contributed by atoms with E-state index >= 15 is 0 Å². The Morgan fingerprint density at radius 2 is 1.62 bits per heavy atom. The van der Waals surface area contributed by atoms with Crippen LogP contribution in [0.4, 0.5) is 11.4 Å². The maximum atomic E-state index is 12.4. The van der Waals surface area contributed by atoms with Crippen LogP contribution < -0.4 is 10.2 Å². The van der Waals surface area contributed by atoms with Crippen LogP contribution in [0.5, 0.6) is 0 Å². The molecular weight excluding hydrogens is 392 g/mol. The van der Waals surface area contributed by atoms with Crippen molar-refractivity contribution in [3.05, 3.63) is 70.9 Å². The maximum absolute atomic E-state index is 12.4. The minimum Gasteiger partial charge on any atom is -0.451 e. The number of nitrogens with one attached hydrogen (secondary N) is 1. The standard InChI is InChI=1S/C21H19BrN2O2/c22-16-5-3-15(4-6-16)19-11-12-20(26-19)21(25)23-17-7-9-18(10-8-17)24-13-1-2-14-24/h3-12H,1-2,13-14H2,(H,23,25). The zero-order valence-corrected chi connectivity index (χ0v) is 15.8. The fraction of sp³-hybridized carbons (Fsp3) is 0.190. The summed E-state index contributed by atoms with van der Waals surface area (Å²) in [5, 5.41) is 2.89. The van der Waals surface area contributed by atoms with Gasteiger partial charge in [0, 0.05) is 34.5 Å². The molecule has 0 radical (unpaired) electrons. The molecule has 2 heterocycles. The minimum absolute atomic E-state index is 0.248. The average molecular weight is 411 g/mol. The minimum atomic E-state index is -0.248. The van der Waals surface area contributed by atoms with E-state index in [0.29, 0.717) is 11.5 Å². The van der Waals surface area contributed by atoms with Gasteiger partial charge >= 0.3 is 0 Å². The van der Waals surface area contributed by atoms with Crippen molar-refractivity contribution in [2.75, 3.05) is 23.3 Å². The third-order valence-electron chi connectivity index (χ3n) is 4.55. The van der Waals surface area contributed by atoms with Crippen LogP contribution in [0.1, 0.15) is 23.4 Å². The number of furan rings is 1. The van der Waals surface area contributed by atoms with E-state index in [1.165, 1.54) is 18.5 Å². The molecule has 1 aromatic heterocycles. The van der Waals surface area contributed by atoms with E-state index in [0.717, 1.165) is 28.8 Å². The molecule has 0 aliphatic carbocycles. The first-order valence-corrected chi connectivity index (χ1v) is 9.50. The van der Waals surface area contributed by atoms with Crippen LogP contribution in [0, 0.1) is 0 Å². The number of carbonyl (C=O) groups is 1. The van der Waals surface area contributed by atoms with Gasteiger partial charge in [0.25, 0.3) is 5.91 Å². The number of rotatable bonds is 4. The Morgan fingerprint density at radius 1 is 0.923 bits per heavy atom. The Morgan fingerprint density at radius 3 is 2.31 bits per heavy atom. The topological polar surface area (TPSA) is 45.5 Å². The Bertz CT molecular complexity index is 895. The molecule has 0 spiro atoms. The highest BCUT2D eigenvalue weighted by atomic mass is 79.9. The van der Waals surface area contributed by atoms with Crippen molar-refractivity contribution in [1.82, 2.24) is 0 Å². The van der Waals surface area contributed by atoms with E-state index in [1.807, 2.05) is 42.5 Å². The van der Waals surface area contributed by atoms with Crippen molar-refractivity contribution >= 4 is 33.2 Å². The average Bonchev–Trinajstić information content (AvgIpc) is 3.35. The number of anilines is 2. The predicted molar refractivity (Wildman–Crippen MR) is 108 cm³/mol. The number of nitrogens with zero attached hydrogens (tertiary/aromatic N) is 1. The largest absolute Gasteiger partial charge is 0.451 e. The van der Waals surface area contributed by atoms with Crippen molar-refractivity contribution in [2.45, 2.75) is 12.8 Å². The second kappa shape index (κ2) is 7.38. The van der Waals surface area contributed by atoms with Gasteiger partial charge in [-0.05, 0) is 61.4 Å². The molecule has 4 nitrogen and oxygen atoms in total. The molecule has 5 heteroatoms. The summed E-state index contributed by atoms with van der Waals surface area (Å²) in [6.07, 6.45) is 2.50. The van der Waals surface area contributed by atoms with Crippen LogP contribution in [0.2, 0.25) is 0 Å². The van der Waals surface area contributed by atoms with Crippen LogP contribution >= 0.6 is 15.9 Å². The van der Waals surface area contributed by atoms with Crippen LogP contribution in [-0.2, 0) is 0 Å². The summed E-state index contributed by atoms with van der Waals surface area (Å²) >= 11 is 3.41. The quantitative estimate of drug-likeness (QED) is 0.611. The lowest BCUT2D eigenvalue weighted by atomic mass is 10.2. The second-order valence-electron chi connectivity index (χ2n) is 6.37. The summed E-state index contributed by atoms with van der Waals surface area (Å²) in [7, 11) is 0. The molecule has 132 valence electrons. The molecule has 4 rings (SSSR count). The van der Waals surface area contributed by atoms with Gasteiger partial charge in [0.15, 0.2) is 5.76 Å². The van der Waals surface area contributed by atoms with E-state index < -0.39 is 0 Å². The molecule has 1 N–H and O–H groups in total. The van der Waals surface area contributed by atoms with Crippen molar-refractivity contribution in [3.8, 4) is 11.3 Å². The molecule has 0 atom stereocenters. The normalized spacial score (nSPS) is 13.8. The van der Waals surface area contributed by atoms with Crippen LogP contribution in [0.3, 0.4) is 0 Å². The van der Waals surface area contributed by atoms with Crippen molar-refractivity contribution in [2.24, 2.45) is 0 Å². The van der Waals surface area contributed by atoms with E-state index in [-0.39, 0.29) is 5.91 Å². The highest BCUT2D eigenvalue weighted by molar-refractivity contribution is 9.10. The molecule has 1 aliphatic rings. The molecule has 3 aromatic rings. The van der Waals surface area contributed by atoms with Gasteiger partial charge in [0.2, 0.25) is 0 Å². The lowest BCUT2D eigenvalue weighted by molar-refractivity contribution is 0.0997. The Labute approximate surface area is 160 Å². The molecule has 1 aliphatic heterocycles. The molecule has 0 bridgehead atoms. The SMILES string of the molecule is O=C(Nc1ccc(N2CCCC2)cc1)c1ccc(-c2ccc(Br)cc2)o1. The molecule has 1 amide bonds. The van der Waals surface area contributed by atoms with E-state index in [9.17, 15) is 4.79 Å². The zero-order valence-electron chi connectivity index (χ0n) is 14.2. The first-order chi connectivity index (χ1) is 12.7. The molecule has 0 unspecified atom stereocenters. The monoisotopic (exact) mass is 410 g/mol. The Balaban J connectivity index is 1.44. The second-order valence-corrected chi connectivity index (χ2v) is 7.28.